The predicted octanol–water partition coefficient (Wildman–Crippen LogP) is -0.0616. The molecule has 1 atom stereocenters. The van der Waals surface area contributed by atoms with Gasteiger partial charge in [0.1, 0.15) is 0 Å². The average Bonchev–Trinajstić information content (AvgIpc) is 2.79. The molecule has 7 nitrogen and oxygen atoms in total. The SMILES string of the molecule is CC(C#N)S(=O)(=O)N1CCc2cc(S(N)(=O)=O)ccc21. The van der Waals surface area contributed by atoms with E-state index in [0.29, 0.717) is 17.7 Å². The van der Waals surface area contributed by atoms with Crippen molar-refractivity contribution in [1.82, 2.24) is 0 Å². The number of primary sulfonamides is 1. The molecule has 0 spiro atoms. The van der Waals surface area contributed by atoms with Crippen molar-refractivity contribution in [2.45, 2.75) is 23.5 Å². The van der Waals surface area contributed by atoms with Crippen LogP contribution in [0.2, 0.25) is 0 Å². The molecular formula is C11H13N3O4S2. The molecule has 0 saturated carbocycles. The monoisotopic (exact) mass is 315 g/mol. The van der Waals surface area contributed by atoms with Crippen molar-refractivity contribution in [3.63, 3.8) is 0 Å². The fourth-order valence-corrected chi connectivity index (χ4v) is 3.92. The van der Waals surface area contributed by atoms with E-state index in [1.54, 1.807) is 6.07 Å². The Bertz CT molecular complexity index is 793. The highest BCUT2D eigenvalue weighted by atomic mass is 32.2. The summed E-state index contributed by atoms with van der Waals surface area (Å²) in [4.78, 5) is -0.0520. The summed E-state index contributed by atoms with van der Waals surface area (Å²) < 4.78 is 48.0. The summed E-state index contributed by atoms with van der Waals surface area (Å²) in [6, 6.07) is 5.74. The summed E-state index contributed by atoms with van der Waals surface area (Å²) in [7, 11) is -7.58. The lowest BCUT2D eigenvalue weighted by atomic mass is 10.2. The Labute approximate surface area is 117 Å². The molecule has 0 fully saturated rings. The summed E-state index contributed by atoms with van der Waals surface area (Å²) in [5.41, 5.74) is 0.990. The lowest BCUT2D eigenvalue weighted by Crippen LogP contribution is -2.35. The van der Waals surface area contributed by atoms with Gasteiger partial charge in [-0.15, -0.1) is 0 Å². The molecule has 2 rings (SSSR count). The van der Waals surface area contributed by atoms with Gasteiger partial charge in [0.05, 0.1) is 16.7 Å². The molecule has 1 aliphatic heterocycles. The maximum Gasteiger partial charge on any atom is 0.251 e. The number of rotatable bonds is 3. The van der Waals surface area contributed by atoms with Gasteiger partial charge in [-0.2, -0.15) is 5.26 Å². The summed E-state index contributed by atoms with van der Waals surface area (Å²) in [6.07, 6.45) is 0.385. The first kappa shape index (κ1) is 14.8. The highest BCUT2D eigenvalue weighted by Crippen LogP contribution is 2.33. The van der Waals surface area contributed by atoms with E-state index >= 15 is 0 Å². The third kappa shape index (κ3) is 2.37. The van der Waals surface area contributed by atoms with Gasteiger partial charge in [-0.25, -0.2) is 22.0 Å². The minimum Gasteiger partial charge on any atom is -0.269 e. The van der Waals surface area contributed by atoms with E-state index in [2.05, 4.69) is 0 Å². The van der Waals surface area contributed by atoms with E-state index in [0.717, 1.165) is 4.31 Å². The standard InChI is InChI=1S/C11H13N3O4S2/c1-8(7-12)20(17,18)14-5-4-9-6-10(19(13,15)16)2-3-11(9)14/h2-3,6,8H,4-5H2,1H3,(H2,13,15,16). The van der Waals surface area contributed by atoms with Gasteiger partial charge in [0.15, 0.2) is 5.25 Å². The van der Waals surface area contributed by atoms with Crippen LogP contribution in [-0.2, 0) is 26.5 Å². The first-order chi connectivity index (χ1) is 9.17. The Morgan fingerprint density at radius 1 is 1.35 bits per heavy atom. The molecule has 0 bridgehead atoms. The quantitative estimate of drug-likeness (QED) is 0.837. The van der Waals surface area contributed by atoms with Gasteiger partial charge in [0.25, 0.3) is 10.0 Å². The Morgan fingerprint density at radius 3 is 2.55 bits per heavy atom. The van der Waals surface area contributed by atoms with Gasteiger partial charge in [0.2, 0.25) is 10.0 Å². The molecule has 0 aliphatic carbocycles. The zero-order chi connectivity index (χ0) is 15.1. The Morgan fingerprint density at radius 2 is 2.00 bits per heavy atom. The lowest BCUT2D eigenvalue weighted by Gasteiger charge is -2.20. The number of hydrogen-bond acceptors (Lipinski definition) is 5. The van der Waals surface area contributed by atoms with E-state index in [4.69, 9.17) is 10.4 Å². The smallest absolute Gasteiger partial charge is 0.251 e. The number of nitriles is 1. The second kappa shape index (κ2) is 4.73. The summed E-state index contributed by atoms with van der Waals surface area (Å²) in [5.74, 6) is 0. The normalized spacial score (nSPS) is 16.6. The molecule has 20 heavy (non-hydrogen) atoms. The van der Waals surface area contributed by atoms with Crippen LogP contribution in [0.25, 0.3) is 0 Å². The maximum atomic E-state index is 12.2. The third-order valence-electron chi connectivity index (χ3n) is 3.17. The van der Waals surface area contributed by atoms with E-state index < -0.39 is 25.3 Å². The van der Waals surface area contributed by atoms with Gasteiger partial charge < -0.3 is 0 Å². The summed E-state index contributed by atoms with van der Waals surface area (Å²) >= 11 is 0. The van der Waals surface area contributed by atoms with E-state index in [-0.39, 0.29) is 11.4 Å². The van der Waals surface area contributed by atoms with Gasteiger partial charge in [-0.1, -0.05) is 0 Å². The molecule has 1 aliphatic rings. The van der Waals surface area contributed by atoms with Crippen molar-refractivity contribution >= 4 is 25.7 Å². The molecule has 1 heterocycles. The first-order valence-electron chi connectivity index (χ1n) is 5.75. The fraction of sp³-hybridized carbons (Fsp3) is 0.364. The Kier molecular flexibility index (Phi) is 3.49. The van der Waals surface area contributed by atoms with Crippen LogP contribution in [-0.4, -0.2) is 28.6 Å². The molecule has 0 radical (unpaired) electrons. The van der Waals surface area contributed by atoms with Crippen molar-refractivity contribution in [1.29, 1.82) is 5.26 Å². The number of hydrogen-bond donors (Lipinski definition) is 1. The number of nitrogens with two attached hydrogens (primary N) is 1. The summed E-state index contributed by atoms with van der Waals surface area (Å²) in [6.45, 7) is 1.50. The highest BCUT2D eigenvalue weighted by Gasteiger charge is 2.34. The molecule has 108 valence electrons. The van der Waals surface area contributed by atoms with Gasteiger partial charge in [0, 0.05) is 6.54 Å². The van der Waals surface area contributed by atoms with E-state index in [9.17, 15) is 16.8 Å². The van der Waals surface area contributed by atoms with Gasteiger partial charge >= 0.3 is 0 Å². The molecule has 9 heteroatoms. The number of sulfonamides is 2. The Hall–Kier alpha value is -1.63. The maximum absolute atomic E-state index is 12.2. The zero-order valence-electron chi connectivity index (χ0n) is 10.6. The zero-order valence-corrected chi connectivity index (χ0v) is 12.3. The number of benzene rings is 1. The number of nitrogens with zero attached hydrogens (tertiary/aromatic N) is 2. The Balaban J connectivity index is 2.49. The molecule has 0 amide bonds. The average molecular weight is 315 g/mol. The second-order valence-corrected chi connectivity index (χ2v) is 8.21. The van der Waals surface area contributed by atoms with Crippen molar-refractivity contribution in [2.24, 2.45) is 5.14 Å². The van der Waals surface area contributed by atoms with Crippen LogP contribution in [0.15, 0.2) is 23.1 Å². The third-order valence-corrected chi connectivity index (χ3v) is 6.07. The van der Waals surface area contributed by atoms with Crippen molar-refractivity contribution in [2.75, 3.05) is 10.8 Å². The molecular weight excluding hydrogens is 302 g/mol. The van der Waals surface area contributed by atoms with Crippen molar-refractivity contribution in [3.8, 4) is 6.07 Å². The molecule has 0 aromatic heterocycles. The van der Waals surface area contributed by atoms with Crippen LogP contribution in [0.4, 0.5) is 5.69 Å². The summed E-state index contributed by atoms with van der Waals surface area (Å²) in [5, 5.41) is 12.7. The van der Waals surface area contributed by atoms with Crippen LogP contribution in [0.1, 0.15) is 12.5 Å². The fourth-order valence-electron chi connectivity index (χ4n) is 2.05. The van der Waals surface area contributed by atoms with E-state index in [1.165, 1.54) is 25.1 Å². The number of fused-ring (bicyclic) bond motifs is 1. The van der Waals surface area contributed by atoms with Crippen molar-refractivity contribution in [3.05, 3.63) is 23.8 Å². The second-order valence-electron chi connectivity index (χ2n) is 4.47. The highest BCUT2D eigenvalue weighted by molar-refractivity contribution is 7.93. The lowest BCUT2D eigenvalue weighted by molar-refractivity contribution is 0.588. The molecule has 1 unspecified atom stereocenters. The van der Waals surface area contributed by atoms with Crippen LogP contribution in [0.5, 0.6) is 0 Å². The minimum absolute atomic E-state index is 0.0520. The van der Waals surface area contributed by atoms with Crippen LogP contribution >= 0.6 is 0 Å². The molecule has 1 aromatic carbocycles. The van der Waals surface area contributed by atoms with Crippen LogP contribution < -0.4 is 9.44 Å². The molecule has 2 N–H and O–H groups in total. The van der Waals surface area contributed by atoms with Crippen LogP contribution in [0.3, 0.4) is 0 Å². The predicted molar refractivity (Wildman–Crippen MR) is 72.9 cm³/mol. The van der Waals surface area contributed by atoms with E-state index in [1.807, 2.05) is 0 Å². The van der Waals surface area contributed by atoms with Crippen LogP contribution in [0, 0.1) is 11.3 Å². The molecule has 0 saturated heterocycles. The van der Waals surface area contributed by atoms with Crippen molar-refractivity contribution < 1.29 is 16.8 Å². The first-order valence-corrected chi connectivity index (χ1v) is 8.80. The molecule has 1 aromatic rings. The number of anilines is 1. The topological polar surface area (TPSA) is 121 Å². The largest absolute Gasteiger partial charge is 0.269 e. The van der Waals surface area contributed by atoms with Gasteiger partial charge in [-0.05, 0) is 37.1 Å². The minimum atomic E-state index is -3.82. The van der Waals surface area contributed by atoms with Gasteiger partial charge in [-0.3, -0.25) is 4.31 Å².